The van der Waals surface area contributed by atoms with Crippen molar-refractivity contribution in [1.29, 1.82) is 0 Å². The summed E-state index contributed by atoms with van der Waals surface area (Å²) >= 11 is 0. The summed E-state index contributed by atoms with van der Waals surface area (Å²) in [6.45, 7) is 4.35. The summed E-state index contributed by atoms with van der Waals surface area (Å²) in [5, 5.41) is 6.64. The molecule has 2 aromatic carbocycles. The number of benzene rings is 2. The van der Waals surface area contributed by atoms with Crippen LogP contribution < -0.4 is 20.1 Å². The summed E-state index contributed by atoms with van der Waals surface area (Å²) in [6, 6.07) is 16.2. The van der Waals surface area contributed by atoms with Gasteiger partial charge in [-0.25, -0.2) is 0 Å². The molecule has 5 nitrogen and oxygen atoms in total. The number of nitrogens with zero attached hydrogens (tertiary/aromatic N) is 1. The minimum atomic E-state index is 0. The molecule has 0 saturated carbocycles. The molecule has 0 amide bonds. The SMILES string of the molecule is CN=C(NCCCCOc1ccc(C)cc1)NCc1cccc(OC)c1.I. The van der Waals surface area contributed by atoms with Crippen molar-refractivity contribution < 1.29 is 9.47 Å². The molecular weight excluding hydrogens is 453 g/mol. The first-order valence-electron chi connectivity index (χ1n) is 8.98. The zero-order valence-electron chi connectivity index (χ0n) is 16.3. The van der Waals surface area contributed by atoms with Crippen LogP contribution in [0.4, 0.5) is 0 Å². The molecule has 6 heteroatoms. The number of methoxy groups -OCH3 is 1. The number of nitrogens with one attached hydrogen (secondary N) is 2. The largest absolute Gasteiger partial charge is 0.497 e. The number of aliphatic imine (C=N–C) groups is 1. The fourth-order valence-corrected chi connectivity index (χ4v) is 2.45. The molecule has 0 unspecified atom stereocenters. The molecule has 2 rings (SSSR count). The maximum Gasteiger partial charge on any atom is 0.191 e. The summed E-state index contributed by atoms with van der Waals surface area (Å²) in [6.07, 6.45) is 2.01. The second kappa shape index (κ2) is 13.2. The van der Waals surface area contributed by atoms with Crippen LogP contribution in [0.5, 0.6) is 11.5 Å². The first kappa shape index (κ1) is 23.1. The number of guanidine groups is 1. The predicted octanol–water partition coefficient (Wildman–Crippen LogP) is 4.15. The Balaban J connectivity index is 0.00000364. The maximum absolute atomic E-state index is 5.74. The summed E-state index contributed by atoms with van der Waals surface area (Å²) in [5.74, 6) is 2.59. The van der Waals surface area contributed by atoms with Crippen LogP contribution in [0.3, 0.4) is 0 Å². The van der Waals surface area contributed by atoms with Crippen LogP contribution in [0, 0.1) is 6.92 Å². The Morgan fingerprint density at radius 3 is 2.48 bits per heavy atom. The topological polar surface area (TPSA) is 54.9 Å². The van der Waals surface area contributed by atoms with E-state index in [9.17, 15) is 0 Å². The van der Waals surface area contributed by atoms with Crippen molar-refractivity contribution in [2.75, 3.05) is 27.3 Å². The van der Waals surface area contributed by atoms with Crippen LogP contribution in [0.25, 0.3) is 0 Å². The zero-order chi connectivity index (χ0) is 18.6. The van der Waals surface area contributed by atoms with Crippen molar-refractivity contribution in [2.45, 2.75) is 26.3 Å². The third-order valence-corrected chi connectivity index (χ3v) is 3.97. The van der Waals surface area contributed by atoms with Crippen molar-refractivity contribution in [3.8, 4) is 11.5 Å². The van der Waals surface area contributed by atoms with Crippen LogP contribution in [-0.2, 0) is 6.54 Å². The van der Waals surface area contributed by atoms with Crippen LogP contribution in [0.2, 0.25) is 0 Å². The molecule has 27 heavy (non-hydrogen) atoms. The molecule has 0 heterocycles. The van der Waals surface area contributed by atoms with Crippen molar-refractivity contribution in [3.63, 3.8) is 0 Å². The molecule has 0 bridgehead atoms. The lowest BCUT2D eigenvalue weighted by atomic mass is 10.2. The van der Waals surface area contributed by atoms with Crippen LogP contribution in [0.15, 0.2) is 53.5 Å². The molecule has 0 saturated heterocycles. The first-order valence-corrected chi connectivity index (χ1v) is 8.98. The normalized spacial score (nSPS) is 10.7. The summed E-state index contributed by atoms with van der Waals surface area (Å²) < 4.78 is 11.0. The van der Waals surface area contributed by atoms with Gasteiger partial charge in [0.1, 0.15) is 11.5 Å². The number of hydrogen-bond acceptors (Lipinski definition) is 3. The molecule has 0 fully saturated rings. The van der Waals surface area contributed by atoms with Gasteiger partial charge in [-0.2, -0.15) is 0 Å². The lowest BCUT2D eigenvalue weighted by Gasteiger charge is -2.12. The number of rotatable bonds is 9. The van der Waals surface area contributed by atoms with E-state index in [0.29, 0.717) is 6.54 Å². The van der Waals surface area contributed by atoms with Crippen LogP contribution in [0.1, 0.15) is 24.0 Å². The quantitative estimate of drug-likeness (QED) is 0.244. The highest BCUT2D eigenvalue weighted by Gasteiger charge is 2.00. The second-order valence-corrected chi connectivity index (χ2v) is 6.07. The van der Waals surface area contributed by atoms with Crippen molar-refractivity contribution in [3.05, 3.63) is 59.7 Å². The highest BCUT2D eigenvalue weighted by atomic mass is 127. The third kappa shape index (κ3) is 8.99. The molecule has 0 aliphatic rings. The lowest BCUT2D eigenvalue weighted by molar-refractivity contribution is 0.307. The van der Waals surface area contributed by atoms with E-state index in [2.05, 4.69) is 40.7 Å². The molecule has 2 N–H and O–H groups in total. The molecule has 0 radical (unpaired) electrons. The van der Waals surface area contributed by atoms with Crippen molar-refractivity contribution >= 4 is 29.9 Å². The predicted molar refractivity (Wildman–Crippen MR) is 123 cm³/mol. The van der Waals surface area contributed by atoms with Gasteiger partial charge in [0.25, 0.3) is 0 Å². The molecule has 2 aromatic rings. The van der Waals surface area contributed by atoms with Gasteiger partial charge in [0.15, 0.2) is 5.96 Å². The monoisotopic (exact) mass is 483 g/mol. The number of hydrogen-bond donors (Lipinski definition) is 2. The minimum Gasteiger partial charge on any atom is -0.497 e. The van der Waals surface area contributed by atoms with E-state index in [0.717, 1.165) is 49.0 Å². The van der Waals surface area contributed by atoms with Gasteiger partial charge in [0.2, 0.25) is 0 Å². The molecule has 0 spiro atoms. The van der Waals surface area contributed by atoms with Gasteiger partial charge in [-0.1, -0.05) is 29.8 Å². The van der Waals surface area contributed by atoms with Crippen molar-refractivity contribution in [2.24, 2.45) is 4.99 Å². The van der Waals surface area contributed by atoms with Crippen LogP contribution in [-0.4, -0.2) is 33.3 Å². The van der Waals surface area contributed by atoms with Gasteiger partial charge in [-0.05, 0) is 49.6 Å². The first-order chi connectivity index (χ1) is 12.7. The average molecular weight is 483 g/mol. The summed E-state index contributed by atoms with van der Waals surface area (Å²) in [5.41, 5.74) is 2.40. The Kier molecular flexibility index (Phi) is 11.3. The number of aryl methyl sites for hydroxylation is 1. The minimum absolute atomic E-state index is 0. The van der Waals surface area contributed by atoms with E-state index in [4.69, 9.17) is 9.47 Å². The van der Waals surface area contributed by atoms with E-state index >= 15 is 0 Å². The fraction of sp³-hybridized carbons (Fsp3) is 0.381. The standard InChI is InChI=1S/C21H29N3O2.HI/c1-17-9-11-19(12-10-17)26-14-5-4-13-23-21(22-2)24-16-18-7-6-8-20(15-18)25-3;/h6-12,15H,4-5,13-14,16H2,1-3H3,(H2,22,23,24);1H. The number of ether oxygens (including phenoxy) is 2. The smallest absolute Gasteiger partial charge is 0.191 e. The average Bonchev–Trinajstić information content (AvgIpc) is 2.68. The third-order valence-electron chi connectivity index (χ3n) is 3.97. The molecule has 0 aliphatic heterocycles. The Bertz CT molecular complexity index is 690. The van der Waals surface area contributed by atoms with E-state index in [1.807, 2.05) is 30.3 Å². The summed E-state index contributed by atoms with van der Waals surface area (Å²) in [7, 11) is 3.46. The van der Waals surface area contributed by atoms with E-state index < -0.39 is 0 Å². The maximum atomic E-state index is 5.74. The highest BCUT2D eigenvalue weighted by Crippen LogP contribution is 2.12. The lowest BCUT2D eigenvalue weighted by Crippen LogP contribution is -2.37. The van der Waals surface area contributed by atoms with E-state index in [-0.39, 0.29) is 24.0 Å². The van der Waals surface area contributed by atoms with Gasteiger partial charge in [-0.15, -0.1) is 24.0 Å². The highest BCUT2D eigenvalue weighted by molar-refractivity contribution is 14.0. The fourth-order valence-electron chi connectivity index (χ4n) is 2.45. The van der Waals surface area contributed by atoms with Gasteiger partial charge in [0.05, 0.1) is 13.7 Å². The summed E-state index contributed by atoms with van der Waals surface area (Å²) in [4.78, 5) is 4.25. The van der Waals surface area contributed by atoms with Gasteiger partial charge in [0, 0.05) is 20.1 Å². The Morgan fingerprint density at radius 1 is 1.00 bits per heavy atom. The van der Waals surface area contributed by atoms with Crippen LogP contribution >= 0.6 is 24.0 Å². The Morgan fingerprint density at radius 2 is 1.78 bits per heavy atom. The zero-order valence-corrected chi connectivity index (χ0v) is 18.7. The number of unbranched alkanes of at least 4 members (excludes halogenated alkanes) is 1. The van der Waals surface area contributed by atoms with Crippen molar-refractivity contribution in [1.82, 2.24) is 10.6 Å². The molecular formula is C21H30IN3O2. The second-order valence-electron chi connectivity index (χ2n) is 6.07. The Labute approximate surface area is 179 Å². The van der Waals surface area contributed by atoms with E-state index in [1.165, 1.54) is 5.56 Å². The number of halogens is 1. The molecule has 148 valence electrons. The molecule has 0 aliphatic carbocycles. The Hall–Kier alpha value is -1.96. The van der Waals surface area contributed by atoms with Gasteiger partial charge >= 0.3 is 0 Å². The molecule has 0 atom stereocenters. The van der Waals surface area contributed by atoms with E-state index in [1.54, 1.807) is 14.2 Å². The van der Waals surface area contributed by atoms with Gasteiger partial charge in [-0.3, -0.25) is 4.99 Å². The molecule has 0 aromatic heterocycles. The van der Waals surface area contributed by atoms with Gasteiger partial charge < -0.3 is 20.1 Å².